The normalized spacial score (nSPS) is 11.0. The first-order valence-corrected chi connectivity index (χ1v) is 6.38. The smallest absolute Gasteiger partial charge is 0.168 e. The van der Waals surface area contributed by atoms with Crippen LogP contribution in [-0.2, 0) is 6.54 Å². The van der Waals surface area contributed by atoms with Crippen LogP contribution in [0.1, 0.15) is 5.56 Å². The van der Waals surface area contributed by atoms with Gasteiger partial charge in [-0.2, -0.15) is 0 Å². The van der Waals surface area contributed by atoms with Crippen LogP contribution < -0.4 is 5.73 Å². The Morgan fingerprint density at radius 2 is 1.86 bits per heavy atom. The third kappa shape index (κ3) is 2.21. The maximum Gasteiger partial charge on any atom is 0.168 e. The van der Waals surface area contributed by atoms with E-state index >= 15 is 0 Å². The lowest BCUT2D eigenvalue weighted by atomic mass is 10.0. The Hall–Kier alpha value is -2.53. The molecule has 2 aromatic carbocycles. The quantitative estimate of drug-likeness (QED) is 0.759. The van der Waals surface area contributed by atoms with Crippen LogP contribution in [0.15, 0.2) is 42.5 Å². The summed E-state index contributed by atoms with van der Waals surface area (Å²) in [6.45, 7) is 0.129. The third-order valence-corrected chi connectivity index (χ3v) is 3.33. The van der Waals surface area contributed by atoms with Crippen molar-refractivity contribution >= 4 is 10.9 Å². The van der Waals surface area contributed by atoms with Gasteiger partial charge in [-0.25, -0.2) is 13.8 Å². The molecule has 3 nitrogen and oxygen atoms in total. The van der Waals surface area contributed by atoms with Crippen LogP contribution in [0.2, 0.25) is 0 Å². The summed E-state index contributed by atoms with van der Waals surface area (Å²) in [4.78, 5) is 4.28. The van der Waals surface area contributed by atoms with E-state index in [4.69, 9.17) is 5.73 Å². The average molecular weight is 286 g/mol. The molecule has 5 heteroatoms. The summed E-state index contributed by atoms with van der Waals surface area (Å²) in [5.41, 5.74) is 6.86. The van der Waals surface area contributed by atoms with Crippen molar-refractivity contribution in [1.82, 2.24) is 4.98 Å². The van der Waals surface area contributed by atoms with Crippen LogP contribution in [0, 0.1) is 11.6 Å². The van der Waals surface area contributed by atoms with E-state index in [1.54, 1.807) is 18.2 Å². The zero-order valence-electron chi connectivity index (χ0n) is 11.0. The number of hydrogen-bond acceptors (Lipinski definition) is 3. The third-order valence-electron chi connectivity index (χ3n) is 3.33. The maximum atomic E-state index is 14.0. The van der Waals surface area contributed by atoms with Crippen LogP contribution in [0.5, 0.6) is 5.75 Å². The summed E-state index contributed by atoms with van der Waals surface area (Å²) in [7, 11) is 0. The number of halogens is 2. The maximum absolute atomic E-state index is 14.0. The lowest BCUT2D eigenvalue weighted by Gasteiger charge is -2.11. The minimum atomic E-state index is -0.977. The van der Waals surface area contributed by atoms with E-state index in [9.17, 15) is 13.9 Å². The summed E-state index contributed by atoms with van der Waals surface area (Å²) >= 11 is 0. The van der Waals surface area contributed by atoms with Crippen molar-refractivity contribution in [3.8, 4) is 17.0 Å². The summed E-state index contributed by atoms with van der Waals surface area (Å²) in [6.07, 6.45) is 0. The van der Waals surface area contributed by atoms with Crippen LogP contribution in [0.3, 0.4) is 0 Å². The summed E-state index contributed by atoms with van der Waals surface area (Å²) < 4.78 is 27.4. The van der Waals surface area contributed by atoms with E-state index in [0.717, 1.165) is 6.07 Å². The molecule has 0 saturated heterocycles. The summed E-state index contributed by atoms with van der Waals surface area (Å²) in [5.74, 6) is -1.95. The van der Waals surface area contributed by atoms with E-state index in [2.05, 4.69) is 4.98 Å². The molecule has 1 aromatic heterocycles. The highest BCUT2D eigenvalue weighted by Crippen LogP contribution is 2.31. The van der Waals surface area contributed by atoms with Crippen LogP contribution in [-0.4, -0.2) is 10.1 Å². The fraction of sp³-hybridized carbons (Fsp3) is 0.0625. The van der Waals surface area contributed by atoms with Gasteiger partial charge in [-0.3, -0.25) is 0 Å². The Bertz CT molecular complexity index is 834. The number of benzene rings is 2. The average Bonchev–Trinajstić information content (AvgIpc) is 2.49. The molecule has 0 aliphatic heterocycles. The highest BCUT2D eigenvalue weighted by atomic mass is 19.2. The van der Waals surface area contributed by atoms with E-state index in [0.29, 0.717) is 16.5 Å². The number of rotatable bonds is 2. The number of fused-ring (bicyclic) bond motifs is 1. The van der Waals surface area contributed by atoms with E-state index < -0.39 is 11.6 Å². The van der Waals surface area contributed by atoms with Gasteiger partial charge < -0.3 is 10.8 Å². The Morgan fingerprint density at radius 1 is 1.10 bits per heavy atom. The van der Waals surface area contributed by atoms with Crippen molar-refractivity contribution in [3.63, 3.8) is 0 Å². The molecule has 0 spiro atoms. The second kappa shape index (κ2) is 5.10. The van der Waals surface area contributed by atoms with Crippen molar-refractivity contribution in [3.05, 3.63) is 59.7 Å². The molecule has 0 unspecified atom stereocenters. The van der Waals surface area contributed by atoms with Gasteiger partial charge in [-0.15, -0.1) is 0 Å². The number of phenolic OH excluding ortho intramolecular Hbond substituents is 1. The van der Waals surface area contributed by atoms with Crippen molar-refractivity contribution in [2.75, 3.05) is 0 Å². The molecule has 0 amide bonds. The number of phenols is 1. The first-order chi connectivity index (χ1) is 10.1. The van der Waals surface area contributed by atoms with E-state index in [1.165, 1.54) is 18.2 Å². The van der Waals surface area contributed by atoms with Crippen molar-refractivity contribution in [2.45, 2.75) is 6.54 Å². The molecule has 3 rings (SSSR count). The number of pyridine rings is 1. The molecule has 0 fully saturated rings. The fourth-order valence-electron chi connectivity index (χ4n) is 2.30. The zero-order chi connectivity index (χ0) is 15.0. The molecular formula is C16H12F2N2O. The topological polar surface area (TPSA) is 59.1 Å². The fourth-order valence-corrected chi connectivity index (χ4v) is 2.30. The molecule has 21 heavy (non-hydrogen) atoms. The molecule has 0 atom stereocenters. The predicted octanol–water partition coefficient (Wildman–Crippen LogP) is 3.34. The molecule has 1 heterocycles. The molecule has 0 radical (unpaired) electrons. The zero-order valence-corrected chi connectivity index (χ0v) is 11.0. The van der Waals surface area contributed by atoms with E-state index in [-0.39, 0.29) is 23.6 Å². The van der Waals surface area contributed by atoms with Crippen LogP contribution in [0.25, 0.3) is 22.2 Å². The number of aromatic nitrogens is 1. The van der Waals surface area contributed by atoms with Crippen molar-refractivity contribution in [1.29, 1.82) is 0 Å². The predicted molar refractivity (Wildman–Crippen MR) is 76.7 cm³/mol. The summed E-state index contributed by atoms with van der Waals surface area (Å²) in [5, 5.41) is 10.6. The van der Waals surface area contributed by atoms with E-state index in [1.807, 2.05) is 0 Å². The molecule has 3 N–H and O–H groups in total. The first-order valence-electron chi connectivity index (χ1n) is 6.38. The second-order valence-electron chi connectivity index (χ2n) is 4.65. The monoisotopic (exact) mass is 286 g/mol. The number of nitrogens with zero attached hydrogens (tertiary/aromatic N) is 1. The SMILES string of the molecule is NCc1cc2cccc(O)c2nc1-c1cccc(F)c1F. The Balaban J connectivity index is 2.35. The van der Waals surface area contributed by atoms with Gasteiger partial charge in [0, 0.05) is 17.5 Å². The molecule has 3 aromatic rings. The largest absolute Gasteiger partial charge is 0.506 e. The van der Waals surface area contributed by atoms with Crippen molar-refractivity contribution in [2.24, 2.45) is 5.73 Å². The lowest BCUT2D eigenvalue weighted by molar-refractivity contribution is 0.480. The molecule has 0 aliphatic rings. The Morgan fingerprint density at radius 3 is 2.62 bits per heavy atom. The van der Waals surface area contributed by atoms with Gasteiger partial charge in [0.1, 0.15) is 11.3 Å². The minimum Gasteiger partial charge on any atom is -0.506 e. The van der Waals surface area contributed by atoms with Gasteiger partial charge in [0.05, 0.1) is 5.69 Å². The number of hydrogen-bond donors (Lipinski definition) is 2. The minimum absolute atomic E-state index is 0.0193. The highest BCUT2D eigenvalue weighted by molar-refractivity contribution is 5.87. The summed E-state index contributed by atoms with van der Waals surface area (Å²) in [6, 6.07) is 10.6. The molecule has 0 saturated carbocycles. The van der Waals surface area contributed by atoms with Gasteiger partial charge in [-0.05, 0) is 29.8 Å². The van der Waals surface area contributed by atoms with Gasteiger partial charge in [0.2, 0.25) is 0 Å². The standard InChI is InChI=1S/C16H12F2N2O/c17-12-5-2-4-11(14(12)18)15-10(8-19)7-9-3-1-6-13(21)16(9)20-15/h1-7,21H,8,19H2. The number of aromatic hydroxyl groups is 1. The molecule has 0 aliphatic carbocycles. The Labute approximate surface area is 119 Å². The Kier molecular flexibility index (Phi) is 3.27. The lowest BCUT2D eigenvalue weighted by Crippen LogP contribution is -2.03. The number of nitrogens with two attached hydrogens (primary N) is 1. The molecule has 106 valence electrons. The van der Waals surface area contributed by atoms with Gasteiger partial charge >= 0.3 is 0 Å². The van der Waals surface area contributed by atoms with Crippen LogP contribution in [0.4, 0.5) is 8.78 Å². The number of para-hydroxylation sites is 1. The van der Waals surface area contributed by atoms with Gasteiger partial charge in [0.15, 0.2) is 11.6 Å². The molecular weight excluding hydrogens is 274 g/mol. The van der Waals surface area contributed by atoms with Crippen LogP contribution >= 0.6 is 0 Å². The first kappa shape index (κ1) is 13.5. The van der Waals surface area contributed by atoms with Gasteiger partial charge in [0.25, 0.3) is 0 Å². The molecule has 0 bridgehead atoms. The van der Waals surface area contributed by atoms with Gasteiger partial charge in [-0.1, -0.05) is 18.2 Å². The highest BCUT2D eigenvalue weighted by Gasteiger charge is 2.16. The second-order valence-corrected chi connectivity index (χ2v) is 4.65. The van der Waals surface area contributed by atoms with Crippen molar-refractivity contribution < 1.29 is 13.9 Å².